The van der Waals surface area contributed by atoms with Crippen LogP contribution in [0.4, 0.5) is 4.39 Å². The normalized spacial score (nSPS) is 10.4. The average Bonchev–Trinajstić information content (AvgIpc) is 2.67. The molecule has 1 amide bonds. The van der Waals surface area contributed by atoms with Crippen molar-refractivity contribution in [3.8, 4) is 5.75 Å². The first kappa shape index (κ1) is 17.7. The van der Waals surface area contributed by atoms with Gasteiger partial charge in [-0.15, -0.1) is 0 Å². The van der Waals surface area contributed by atoms with Crippen molar-refractivity contribution < 1.29 is 13.9 Å². The Kier molecular flexibility index (Phi) is 5.64. The predicted molar refractivity (Wildman–Crippen MR) is 99.5 cm³/mol. The molecule has 0 saturated carbocycles. The number of hydrogen-bond acceptors (Lipinski definition) is 2. The molecule has 0 fully saturated rings. The summed E-state index contributed by atoms with van der Waals surface area (Å²) in [5, 5.41) is 2.90. The number of ether oxygens (including phenoxy) is 1. The summed E-state index contributed by atoms with van der Waals surface area (Å²) in [7, 11) is 0. The summed E-state index contributed by atoms with van der Waals surface area (Å²) in [4.78, 5) is 12.1. The van der Waals surface area contributed by atoms with Gasteiger partial charge in [-0.2, -0.15) is 0 Å². The van der Waals surface area contributed by atoms with Crippen LogP contribution >= 0.6 is 0 Å². The first-order chi connectivity index (χ1) is 12.6. The standard InChI is InChI=1S/C22H20FNO2/c1-16-2-8-19(9-3-16)22(25)24-14-17-6-12-21(13-7-17)26-15-18-4-10-20(23)11-5-18/h2-13H,14-15H2,1H3,(H,24,25). The van der Waals surface area contributed by atoms with Crippen LogP contribution in [0.2, 0.25) is 0 Å². The summed E-state index contributed by atoms with van der Waals surface area (Å²) in [6.45, 7) is 2.82. The molecule has 0 aromatic heterocycles. The van der Waals surface area contributed by atoms with Gasteiger partial charge in [0.05, 0.1) is 0 Å². The molecule has 132 valence electrons. The van der Waals surface area contributed by atoms with Crippen LogP contribution in [0.1, 0.15) is 27.0 Å². The minimum absolute atomic E-state index is 0.0957. The number of carbonyl (C=O) groups excluding carboxylic acids is 1. The first-order valence-electron chi connectivity index (χ1n) is 8.41. The Balaban J connectivity index is 1.50. The number of hydrogen-bond donors (Lipinski definition) is 1. The van der Waals surface area contributed by atoms with E-state index in [1.54, 1.807) is 12.1 Å². The minimum atomic E-state index is -0.259. The molecule has 0 aliphatic rings. The highest BCUT2D eigenvalue weighted by Gasteiger charge is 2.05. The summed E-state index contributed by atoms with van der Waals surface area (Å²) in [5.41, 5.74) is 3.66. The van der Waals surface area contributed by atoms with Crippen molar-refractivity contribution in [2.24, 2.45) is 0 Å². The lowest BCUT2D eigenvalue weighted by molar-refractivity contribution is 0.0951. The molecule has 0 spiro atoms. The van der Waals surface area contributed by atoms with Crippen molar-refractivity contribution >= 4 is 5.91 Å². The van der Waals surface area contributed by atoms with Gasteiger partial charge < -0.3 is 10.1 Å². The van der Waals surface area contributed by atoms with E-state index >= 15 is 0 Å². The third-order valence-corrected chi connectivity index (χ3v) is 4.01. The smallest absolute Gasteiger partial charge is 0.251 e. The van der Waals surface area contributed by atoms with Crippen LogP contribution in [-0.2, 0) is 13.2 Å². The molecule has 0 saturated heterocycles. The molecule has 0 radical (unpaired) electrons. The lowest BCUT2D eigenvalue weighted by Gasteiger charge is -2.09. The third kappa shape index (κ3) is 4.93. The number of halogens is 1. The molecule has 0 aliphatic carbocycles. The van der Waals surface area contributed by atoms with E-state index in [9.17, 15) is 9.18 Å². The number of carbonyl (C=O) groups is 1. The Morgan fingerprint density at radius 1 is 0.885 bits per heavy atom. The number of aryl methyl sites for hydroxylation is 1. The quantitative estimate of drug-likeness (QED) is 0.704. The van der Waals surface area contributed by atoms with E-state index < -0.39 is 0 Å². The number of rotatable bonds is 6. The zero-order valence-corrected chi connectivity index (χ0v) is 14.5. The van der Waals surface area contributed by atoms with Crippen molar-refractivity contribution in [2.75, 3.05) is 0 Å². The van der Waals surface area contributed by atoms with Gasteiger partial charge in [-0.25, -0.2) is 4.39 Å². The van der Waals surface area contributed by atoms with Gasteiger partial charge >= 0.3 is 0 Å². The lowest BCUT2D eigenvalue weighted by atomic mass is 10.1. The van der Waals surface area contributed by atoms with Crippen molar-refractivity contribution in [3.05, 3.63) is 101 Å². The van der Waals surface area contributed by atoms with Crippen molar-refractivity contribution in [3.63, 3.8) is 0 Å². The van der Waals surface area contributed by atoms with Gasteiger partial charge in [0.25, 0.3) is 5.91 Å². The topological polar surface area (TPSA) is 38.3 Å². The molecular weight excluding hydrogens is 329 g/mol. The van der Waals surface area contributed by atoms with Crippen LogP contribution in [0, 0.1) is 12.7 Å². The van der Waals surface area contributed by atoms with Crippen LogP contribution in [0.25, 0.3) is 0 Å². The maximum absolute atomic E-state index is 12.9. The fourth-order valence-electron chi connectivity index (χ4n) is 2.44. The predicted octanol–water partition coefficient (Wildman–Crippen LogP) is 4.64. The van der Waals surface area contributed by atoms with Gasteiger partial charge in [-0.05, 0) is 54.4 Å². The fourth-order valence-corrected chi connectivity index (χ4v) is 2.44. The molecule has 0 bridgehead atoms. The average molecular weight is 349 g/mol. The van der Waals surface area contributed by atoms with Crippen molar-refractivity contribution in [1.82, 2.24) is 5.32 Å². The fraction of sp³-hybridized carbons (Fsp3) is 0.136. The van der Waals surface area contributed by atoms with Crippen LogP contribution in [-0.4, -0.2) is 5.91 Å². The van der Waals surface area contributed by atoms with E-state index in [1.165, 1.54) is 12.1 Å². The molecular formula is C22H20FNO2. The van der Waals surface area contributed by atoms with Gasteiger partial charge in [0.1, 0.15) is 18.2 Å². The zero-order chi connectivity index (χ0) is 18.4. The largest absolute Gasteiger partial charge is 0.489 e. The third-order valence-electron chi connectivity index (χ3n) is 4.01. The number of benzene rings is 3. The number of nitrogens with one attached hydrogen (secondary N) is 1. The van der Waals surface area contributed by atoms with E-state index in [2.05, 4.69) is 5.32 Å². The molecule has 4 heteroatoms. The summed E-state index contributed by atoms with van der Waals surface area (Å²) < 4.78 is 18.6. The second-order valence-electron chi connectivity index (χ2n) is 6.11. The molecule has 0 atom stereocenters. The van der Waals surface area contributed by atoms with Gasteiger partial charge in [-0.3, -0.25) is 4.79 Å². The highest BCUT2D eigenvalue weighted by molar-refractivity contribution is 5.94. The molecule has 3 aromatic rings. The highest BCUT2D eigenvalue weighted by atomic mass is 19.1. The maximum atomic E-state index is 12.9. The molecule has 0 unspecified atom stereocenters. The zero-order valence-electron chi connectivity index (χ0n) is 14.5. The van der Waals surface area contributed by atoms with Gasteiger partial charge in [-0.1, -0.05) is 42.0 Å². The molecule has 3 aromatic carbocycles. The Morgan fingerprint density at radius 2 is 1.50 bits per heavy atom. The van der Waals surface area contributed by atoms with E-state index in [4.69, 9.17) is 4.74 Å². The van der Waals surface area contributed by atoms with E-state index in [-0.39, 0.29) is 11.7 Å². The molecule has 1 N–H and O–H groups in total. The molecule has 26 heavy (non-hydrogen) atoms. The second kappa shape index (κ2) is 8.30. The van der Waals surface area contributed by atoms with Crippen LogP contribution in [0.5, 0.6) is 5.75 Å². The van der Waals surface area contributed by atoms with Crippen LogP contribution in [0.3, 0.4) is 0 Å². The van der Waals surface area contributed by atoms with Gasteiger partial charge in [0, 0.05) is 12.1 Å². The molecule has 3 rings (SSSR count). The monoisotopic (exact) mass is 349 g/mol. The number of amides is 1. The van der Waals surface area contributed by atoms with Crippen LogP contribution in [0.15, 0.2) is 72.8 Å². The summed E-state index contributed by atoms with van der Waals surface area (Å²) >= 11 is 0. The first-order valence-corrected chi connectivity index (χ1v) is 8.41. The SMILES string of the molecule is Cc1ccc(C(=O)NCc2ccc(OCc3ccc(F)cc3)cc2)cc1. The Hall–Kier alpha value is -3.14. The Bertz CT molecular complexity index is 856. The lowest BCUT2D eigenvalue weighted by Crippen LogP contribution is -2.22. The molecule has 0 heterocycles. The maximum Gasteiger partial charge on any atom is 0.251 e. The Morgan fingerprint density at radius 3 is 2.15 bits per heavy atom. The highest BCUT2D eigenvalue weighted by Crippen LogP contribution is 2.15. The van der Waals surface area contributed by atoms with E-state index in [0.717, 1.165) is 22.4 Å². The van der Waals surface area contributed by atoms with Crippen molar-refractivity contribution in [2.45, 2.75) is 20.1 Å². The Labute approximate surface area is 152 Å². The minimum Gasteiger partial charge on any atom is -0.489 e. The molecule has 3 nitrogen and oxygen atoms in total. The summed E-state index contributed by atoms with van der Waals surface area (Å²) in [6, 6.07) is 21.2. The second-order valence-corrected chi connectivity index (χ2v) is 6.11. The van der Waals surface area contributed by atoms with E-state index in [0.29, 0.717) is 18.7 Å². The van der Waals surface area contributed by atoms with Crippen LogP contribution < -0.4 is 10.1 Å². The van der Waals surface area contributed by atoms with Crippen molar-refractivity contribution in [1.29, 1.82) is 0 Å². The molecule has 0 aliphatic heterocycles. The summed E-state index contributed by atoms with van der Waals surface area (Å²) in [5.74, 6) is 0.371. The van der Waals surface area contributed by atoms with Gasteiger partial charge in [0.15, 0.2) is 0 Å². The summed E-state index contributed by atoms with van der Waals surface area (Å²) in [6.07, 6.45) is 0. The van der Waals surface area contributed by atoms with Gasteiger partial charge in [0.2, 0.25) is 0 Å². The van der Waals surface area contributed by atoms with E-state index in [1.807, 2.05) is 55.5 Å².